The first-order valence-corrected chi connectivity index (χ1v) is 4.93. The van der Waals surface area contributed by atoms with Crippen molar-refractivity contribution in [2.24, 2.45) is 0 Å². The summed E-state index contributed by atoms with van der Waals surface area (Å²) in [7, 11) is 0. The maximum absolute atomic E-state index is 5.07. The van der Waals surface area contributed by atoms with E-state index in [0.717, 1.165) is 18.9 Å². The molecule has 4 nitrogen and oxygen atoms in total. The van der Waals surface area contributed by atoms with Crippen molar-refractivity contribution in [2.45, 2.75) is 25.8 Å². The minimum Gasteiger partial charge on any atom is -0.377 e. The van der Waals surface area contributed by atoms with E-state index in [1.54, 1.807) is 6.20 Å². The van der Waals surface area contributed by atoms with Crippen molar-refractivity contribution in [3.63, 3.8) is 0 Å². The molecule has 1 aromatic heterocycles. The molecule has 1 saturated heterocycles. The number of hydrogen-bond acceptors (Lipinski definition) is 4. The molecular weight excluding hydrogens is 178 g/mol. The van der Waals surface area contributed by atoms with Crippen LogP contribution in [0.1, 0.15) is 25.5 Å². The van der Waals surface area contributed by atoms with E-state index in [1.165, 1.54) is 0 Å². The molecule has 0 aromatic carbocycles. The second kappa shape index (κ2) is 3.92. The van der Waals surface area contributed by atoms with Gasteiger partial charge in [0.05, 0.1) is 19.3 Å². The predicted octanol–water partition coefficient (Wildman–Crippen LogP) is 1.41. The lowest BCUT2D eigenvalue weighted by molar-refractivity contribution is 0.0207. The quantitative estimate of drug-likeness (QED) is 0.788. The highest BCUT2D eigenvalue weighted by Crippen LogP contribution is 2.13. The average Bonchev–Trinajstić information content (AvgIpc) is 2.12. The summed E-state index contributed by atoms with van der Waals surface area (Å²) in [4.78, 5) is 8.58. The number of ether oxygens (including phenoxy) is 1. The zero-order valence-electron chi connectivity index (χ0n) is 8.53. The molecule has 0 amide bonds. The van der Waals surface area contributed by atoms with Crippen LogP contribution in [0.2, 0.25) is 0 Å². The molecule has 14 heavy (non-hydrogen) atoms. The third-order valence-corrected chi connectivity index (χ3v) is 2.24. The number of anilines is 1. The van der Waals surface area contributed by atoms with Gasteiger partial charge in [-0.3, -0.25) is 0 Å². The Bertz CT molecular complexity index is 310. The Morgan fingerprint density at radius 2 is 2.29 bits per heavy atom. The topological polar surface area (TPSA) is 47.0 Å². The molecule has 1 N–H and O–H groups in total. The number of nitrogens with one attached hydrogen (secondary N) is 1. The molecule has 1 aliphatic heterocycles. The Hall–Kier alpha value is -1.16. The van der Waals surface area contributed by atoms with Gasteiger partial charge >= 0.3 is 0 Å². The van der Waals surface area contributed by atoms with Crippen LogP contribution in [-0.2, 0) is 4.74 Å². The maximum atomic E-state index is 5.07. The van der Waals surface area contributed by atoms with Gasteiger partial charge in [0.2, 0.25) is 5.95 Å². The van der Waals surface area contributed by atoms with Crippen LogP contribution in [0, 0.1) is 0 Å². The largest absolute Gasteiger partial charge is 0.377 e. The van der Waals surface area contributed by atoms with Gasteiger partial charge in [-0.15, -0.1) is 0 Å². The lowest BCUT2D eigenvalue weighted by Gasteiger charge is -2.26. The van der Waals surface area contributed by atoms with Crippen molar-refractivity contribution >= 4 is 5.95 Å². The van der Waals surface area contributed by atoms with Gasteiger partial charge in [-0.2, -0.15) is 0 Å². The molecule has 4 heteroatoms. The summed E-state index contributed by atoms with van der Waals surface area (Å²) in [5.74, 6) is 1.15. The maximum Gasteiger partial charge on any atom is 0.223 e. The van der Waals surface area contributed by atoms with E-state index < -0.39 is 0 Å². The zero-order chi connectivity index (χ0) is 9.97. The minimum absolute atomic E-state index is 0.386. The molecule has 0 aliphatic carbocycles. The Morgan fingerprint density at radius 3 is 2.86 bits per heavy atom. The molecule has 1 aromatic rings. The highest BCUT2D eigenvalue weighted by atomic mass is 16.5. The number of rotatable bonds is 3. The number of hydrogen-bond donors (Lipinski definition) is 1. The lowest BCUT2D eigenvalue weighted by atomic mass is 10.1. The molecule has 2 rings (SSSR count). The van der Waals surface area contributed by atoms with E-state index in [2.05, 4.69) is 29.1 Å². The summed E-state index contributed by atoms with van der Waals surface area (Å²) in [5.41, 5.74) is 1.07. The van der Waals surface area contributed by atoms with E-state index in [1.807, 2.05) is 6.07 Å². The van der Waals surface area contributed by atoms with E-state index in [-0.39, 0.29) is 0 Å². The Labute approximate surface area is 83.7 Å². The van der Waals surface area contributed by atoms with Gasteiger partial charge in [0.15, 0.2) is 0 Å². The van der Waals surface area contributed by atoms with Gasteiger partial charge in [-0.1, -0.05) is 13.8 Å². The molecule has 1 aliphatic rings. The minimum atomic E-state index is 0.386. The van der Waals surface area contributed by atoms with Gasteiger partial charge in [0.25, 0.3) is 0 Å². The summed E-state index contributed by atoms with van der Waals surface area (Å²) in [6.45, 7) is 5.77. The number of aromatic nitrogens is 2. The van der Waals surface area contributed by atoms with Crippen LogP contribution >= 0.6 is 0 Å². The van der Waals surface area contributed by atoms with E-state index >= 15 is 0 Å². The molecule has 2 heterocycles. The van der Waals surface area contributed by atoms with Gasteiger partial charge in [-0.05, 0) is 12.0 Å². The van der Waals surface area contributed by atoms with Gasteiger partial charge in [0.1, 0.15) is 0 Å². The molecule has 76 valence electrons. The van der Waals surface area contributed by atoms with Crippen molar-refractivity contribution < 1.29 is 4.74 Å². The standard InChI is InChI=1S/C10H15N3O/c1-7(2)9-3-4-11-10(13-9)12-8-5-14-6-8/h3-4,7-8H,5-6H2,1-2H3,(H,11,12,13). The van der Waals surface area contributed by atoms with Gasteiger partial charge in [0, 0.05) is 11.9 Å². The van der Waals surface area contributed by atoms with Gasteiger partial charge in [-0.25, -0.2) is 9.97 Å². The summed E-state index contributed by atoms with van der Waals surface area (Å²) >= 11 is 0. The Balaban J connectivity index is 2.05. The summed E-state index contributed by atoms with van der Waals surface area (Å²) < 4.78 is 5.07. The highest BCUT2D eigenvalue weighted by Gasteiger charge is 2.18. The van der Waals surface area contributed by atoms with E-state index in [4.69, 9.17) is 4.74 Å². The first-order valence-electron chi connectivity index (χ1n) is 4.93. The van der Waals surface area contributed by atoms with Crippen LogP contribution in [0.5, 0.6) is 0 Å². The van der Waals surface area contributed by atoms with Crippen molar-refractivity contribution in [3.8, 4) is 0 Å². The number of nitrogens with zero attached hydrogens (tertiary/aromatic N) is 2. The first kappa shape index (κ1) is 9.40. The van der Waals surface area contributed by atoms with Gasteiger partial charge < -0.3 is 10.1 Å². The fraction of sp³-hybridized carbons (Fsp3) is 0.600. The lowest BCUT2D eigenvalue weighted by Crippen LogP contribution is -2.40. The second-order valence-electron chi connectivity index (χ2n) is 3.84. The van der Waals surface area contributed by atoms with Crippen LogP contribution in [0.25, 0.3) is 0 Å². The normalized spacial score (nSPS) is 16.8. The van der Waals surface area contributed by atoms with Crippen molar-refractivity contribution in [1.29, 1.82) is 0 Å². The Morgan fingerprint density at radius 1 is 1.50 bits per heavy atom. The van der Waals surface area contributed by atoms with Crippen molar-refractivity contribution in [1.82, 2.24) is 9.97 Å². The molecule has 0 bridgehead atoms. The third-order valence-electron chi connectivity index (χ3n) is 2.24. The van der Waals surface area contributed by atoms with E-state index in [9.17, 15) is 0 Å². The monoisotopic (exact) mass is 193 g/mol. The van der Waals surface area contributed by atoms with Crippen molar-refractivity contribution in [2.75, 3.05) is 18.5 Å². The smallest absolute Gasteiger partial charge is 0.223 e. The predicted molar refractivity (Wildman–Crippen MR) is 54.4 cm³/mol. The Kier molecular flexibility index (Phi) is 2.63. The fourth-order valence-corrected chi connectivity index (χ4v) is 1.27. The summed E-state index contributed by atoms with van der Waals surface area (Å²) in [6.07, 6.45) is 1.80. The molecule has 0 saturated carbocycles. The highest BCUT2D eigenvalue weighted by molar-refractivity contribution is 5.28. The molecule has 1 fully saturated rings. The SMILES string of the molecule is CC(C)c1ccnc(NC2COC2)n1. The second-order valence-corrected chi connectivity index (χ2v) is 3.84. The van der Waals surface area contributed by atoms with Crippen LogP contribution < -0.4 is 5.32 Å². The molecule has 0 unspecified atom stereocenters. The third kappa shape index (κ3) is 2.01. The molecule has 0 spiro atoms. The summed E-state index contributed by atoms with van der Waals surface area (Å²) in [6, 6.07) is 2.34. The van der Waals surface area contributed by atoms with Crippen molar-refractivity contribution in [3.05, 3.63) is 18.0 Å². The molecule has 0 radical (unpaired) electrons. The van der Waals surface area contributed by atoms with E-state index in [0.29, 0.717) is 17.9 Å². The fourth-order valence-electron chi connectivity index (χ4n) is 1.27. The molecular formula is C10H15N3O. The summed E-state index contributed by atoms with van der Waals surface area (Å²) in [5, 5.41) is 3.23. The average molecular weight is 193 g/mol. The molecule has 0 atom stereocenters. The van der Waals surface area contributed by atoms with Crippen LogP contribution in [-0.4, -0.2) is 29.2 Å². The van der Waals surface area contributed by atoms with Crippen LogP contribution in [0.4, 0.5) is 5.95 Å². The first-order chi connectivity index (χ1) is 6.75. The van der Waals surface area contributed by atoms with Crippen LogP contribution in [0.3, 0.4) is 0 Å². The zero-order valence-corrected chi connectivity index (χ0v) is 8.53. The van der Waals surface area contributed by atoms with Crippen LogP contribution in [0.15, 0.2) is 12.3 Å².